The van der Waals surface area contributed by atoms with Gasteiger partial charge in [0, 0.05) is 29.3 Å². The van der Waals surface area contributed by atoms with Gasteiger partial charge in [0.15, 0.2) is 11.4 Å². The molecule has 1 aromatic carbocycles. The average molecular weight is 522 g/mol. The van der Waals surface area contributed by atoms with E-state index in [9.17, 15) is 34.8 Å². The topological polar surface area (TPSA) is 174 Å². The van der Waals surface area contributed by atoms with Crippen LogP contribution >= 0.6 is 0 Å². The van der Waals surface area contributed by atoms with Crippen molar-refractivity contribution in [2.24, 2.45) is 23.5 Å². The number of phenols is 1. The normalized spacial score (nSPS) is 30.6. The number of rotatable bonds is 4. The molecule has 3 aliphatic carbocycles. The fraction of sp³-hybridized carbons (Fsp3) is 0.429. The second-order valence-corrected chi connectivity index (χ2v) is 10.7. The number of aliphatic hydroxyl groups excluding tert-OH is 2. The van der Waals surface area contributed by atoms with E-state index in [1.807, 2.05) is 19.1 Å². The number of ketones is 2. The molecule has 2 aromatic rings. The van der Waals surface area contributed by atoms with Gasteiger partial charge < -0.3 is 31.1 Å². The molecule has 3 unspecified atom stereocenters. The van der Waals surface area contributed by atoms with E-state index in [0.717, 1.165) is 12.0 Å². The highest BCUT2D eigenvalue weighted by molar-refractivity contribution is 6.25. The highest BCUT2D eigenvalue weighted by Crippen LogP contribution is 2.53. The first-order chi connectivity index (χ1) is 17.9. The Morgan fingerprint density at radius 2 is 1.92 bits per heavy atom. The zero-order valence-electron chi connectivity index (χ0n) is 21.4. The maximum atomic E-state index is 13.9. The molecule has 10 heteroatoms. The van der Waals surface area contributed by atoms with Crippen molar-refractivity contribution in [1.82, 2.24) is 9.88 Å². The van der Waals surface area contributed by atoms with E-state index in [2.05, 4.69) is 4.98 Å². The van der Waals surface area contributed by atoms with Crippen molar-refractivity contribution in [3.05, 3.63) is 52.7 Å². The molecule has 0 radical (unpaired) electrons. The van der Waals surface area contributed by atoms with Crippen LogP contribution < -0.4 is 5.73 Å². The van der Waals surface area contributed by atoms with Crippen LogP contribution in [-0.2, 0) is 27.2 Å². The Hall–Kier alpha value is -3.60. The van der Waals surface area contributed by atoms with E-state index >= 15 is 0 Å². The Kier molecular flexibility index (Phi) is 6.17. The summed E-state index contributed by atoms with van der Waals surface area (Å²) >= 11 is 0. The molecule has 0 spiro atoms. The van der Waals surface area contributed by atoms with Gasteiger partial charge in [-0.3, -0.25) is 19.4 Å². The lowest BCUT2D eigenvalue weighted by Gasteiger charge is -2.53. The molecule has 5 rings (SSSR count). The molecule has 1 aromatic heterocycles. The van der Waals surface area contributed by atoms with E-state index in [-0.39, 0.29) is 29.7 Å². The molecule has 1 amide bonds. The number of amides is 1. The van der Waals surface area contributed by atoms with Gasteiger partial charge in [0.25, 0.3) is 0 Å². The van der Waals surface area contributed by atoms with Crippen LogP contribution in [0.4, 0.5) is 0 Å². The van der Waals surface area contributed by atoms with Crippen molar-refractivity contribution in [1.29, 1.82) is 0 Å². The van der Waals surface area contributed by atoms with Crippen LogP contribution in [0.3, 0.4) is 0 Å². The molecule has 0 aliphatic heterocycles. The lowest BCUT2D eigenvalue weighted by molar-refractivity contribution is -0.184. The van der Waals surface area contributed by atoms with Gasteiger partial charge >= 0.3 is 0 Å². The minimum atomic E-state index is -2.67. The molecule has 2 saturated carbocycles. The van der Waals surface area contributed by atoms with Crippen molar-refractivity contribution in [2.45, 2.75) is 43.9 Å². The number of pyridine rings is 1. The Balaban J connectivity index is 1.70. The van der Waals surface area contributed by atoms with Gasteiger partial charge in [0.05, 0.1) is 17.4 Å². The van der Waals surface area contributed by atoms with Gasteiger partial charge in [-0.25, -0.2) is 0 Å². The minimum Gasteiger partial charge on any atom is -0.507 e. The summed E-state index contributed by atoms with van der Waals surface area (Å²) in [4.78, 5) is 45.5. The smallest absolute Gasteiger partial charge is 0.230 e. The zero-order valence-corrected chi connectivity index (χ0v) is 21.4. The molecule has 2 fully saturated rings. The fourth-order valence-corrected chi connectivity index (χ4v) is 6.69. The lowest BCUT2D eigenvalue weighted by Crippen LogP contribution is -2.73. The number of aromatic hydroxyl groups is 1. The van der Waals surface area contributed by atoms with Crippen molar-refractivity contribution < 1.29 is 34.8 Å². The summed E-state index contributed by atoms with van der Waals surface area (Å²) < 4.78 is 0. The number of nitrogens with zero attached hydrogens (tertiary/aromatic N) is 2. The van der Waals surface area contributed by atoms with Crippen LogP contribution in [0.1, 0.15) is 30.0 Å². The van der Waals surface area contributed by atoms with Crippen molar-refractivity contribution in [2.75, 3.05) is 14.1 Å². The van der Waals surface area contributed by atoms with Gasteiger partial charge in [-0.1, -0.05) is 6.92 Å². The third-order valence-corrected chi connectivity index (χ3v) is 8.48. The number of hydrogen-bond donors (Lipinski definition) is 5. The summed E-state index contributed by atoms with van der Waals surface area (Å²) in [5, 5.41) is 44.8. The van der Waals surface area contributed by atoms with Crippen LogP contribution in [0.15, 0.2) is 36.0 Å². The summed E-state index contributed by atoms with van der Waals surface area (Å²) in [6.45, 7) is 2.02. The second kappa shape index (κ2) is 9.00. The van der Waals surface area contributed by atoms with E-state index < -0.39 is 58.7 Å². The number of fused-ring (bicyclic) bond motifs is 3. The predicted octanol–water partition coefficient (Wildman–Crippen LogP) is 0.753. The average Bonchev–Trinajstić information content (AvgIpc) is 2.86. The van der Waals surface area contributed by atoms with Gasteiger partial charge in [-0.2, -0.15) is 0 Å². The summed E-state index contributed by atoms with van der Waals surface area (Å²) in [7, 11) is 3.24. The maximum Gasteiger partial charge on any atom is 0.230 e. The lowest BCUT2D eigenvalue weighted by atomic mass is 9.54. The number of aliphatic hydroxyl groups is 3. The molecular weight excluding hydrogens is 490 g/mol. The maximum absolute atomic E-state index is 13.9. The van der Waals surface area contributed by atoms with E-state index in [1.165, 1.54) is 6.07 Å². The Bertz CT molecular complexity index is 1400. The van der Waals surface area contributed by atoms with Gasteiger partial charge in [-0.15, -0.1) is 0 Å². The molecule has 0 bridgehead atoms. The van der Waals surface area contributed by atoms with Crippen LogP contribution in [0, 0.1) is 17.8 Å². The van der Waals surface area contributed by atoms with Crippen LogP contribution in [-0.4, -0.2) is 79.6 Å². The number of benzene rings is 1. The van der Waals surface area contributed by atoms with Gasteiger partial charge in [0.2, 0.25) is 11.7 Å². The SMILES string of the molecule is CCc1ccnc(-c2ccc(O)c3c2C[C@@H]2C[C@@H]4C(N(C)C)C(O)C(C(N)=O)C(=O)[C@]4(O)C(=O)C2=C3O)c1. The number of carbonyl (C=O) groups excluding carboxylic acids is 3. The number of Topliss-reactive ketones (excluding diaryl/α,β-unsaturated/α-hetero) is 2. The van der Waals surface area contributed by atoms with Crippen LogP contribution in [0.25, 0.3) is 17.0 Å². The first kappa shape index (κ1) is 26.0. The third-order valence-electron chi connectivity index (χ3n) is 8.48. The van der Waals surface area contributed by atoms with Gasteiger partial charge in [-0.05, 0) is 74.7 Å². The van der Waals surface area contributed by atoms with Crippen LogP contribution in [0.5, 0.6) is 5.75 Å². The van der Waals surface area contributed by atoms with Crippen molar-refractivity contribution in [3.63, 3.8) is 0 Å². The number of carbonyl (C=O) groups is 3. The number of aryl methyl sites for hydroxylation is 1. The molecule has 3 aliphatic rings. The molecule has 10 nitrogen and oxygen atoms in total. The monoisotopic (exact) mass is 521 g/mol. The van der Waals surface area contributed by atoms with Crippen LogP contribution in [0.2, 0.25) is 0 Å². The third kappa shape index (κ3) is 3.51. The molecule has 1 heterocycles. The molecule has 38 heavy (non-hydrogen) atoms. The highest BCUT2D eigenvalue weighted by atomic mass is 16.3. The number of primary amides is 1. The highest BCUT2D eigenvalue weighted by Gasteiger charge is 2.67. The fourth-order valence-electron chi connectivity index (χ4n) is 6.69. The summed E-state index contributed by atoms with van der Waals surface area (Å²) in [6.07, 6.45) is 1.24. The summed E-state index contributed by atoms with van der Waals surface area (Å²) in [5.74, 6) is -7.60. The van der Waals surface area contributed by atoms with E-state index in [1.54, 1.807) is 31.3 Å². The molecule has 6 atom stereocenters. The van der Waals surface area contributed by atoms with E-state index in [0.29, 0.717) is 16.8 Å². The van der Waals surface area contributed by atoms with Crippen molar-refractivity contribution >= 4 is 23.2 Å². The summed E-state index contributed by atoms with van der Waals surface area (Å²) in [5.41, 5.74) is 5.59. The number of aromatic nitrogens is 1. The molecule has 0 saturated heterocycles. The predicted molar refractivity (Wildman–Crippen MR) is 137 cm³/mol. The van der Waals surface area contributed by atoms with E-state index in [4.69, 9.17) is 5.73 Å². The Labute approximate surface area is 219 Å². The quantitative estimate of drug-likeness (QED) is 0.364. The number of hydrogen-bond acceptors (Lipinski definition) is 9. The second-order valence-electron chi connectivity index (χ2n) is 10.7. The van der Waals surface area contributed by atoms with Gasteiger partial charge in [0.1, 0.15) is 17.4 Å². The molecule has 6 N–H and O–H groups in total. The molecule has 200 valence electrons. The Morgan fingerprint density at radius 3 is 2.55 bits per heavy atom. The summed E-state index contributed by atoms with van der Waals surface area (Å²) in [6, 6.07) is 6.01. The first-order valence-corrected chi connectivity index (χ1v) is 12.6. The number of likely N-dealkylation sites (N-methyl/N-ethyl adjacent to an activating group) is 1. The zero-order chi connectivity index (χ0) is 27.7. The minimum absolute atomic E-state index is 0.0479. The Morgan fingerprint density at radius 1 is 1.21 bits per heavy atom. The van der Waals surface area contributed by atoms with Crippen molar-refractivity contribution in [3.8, 4) is 17.0 Å². The first-order valence-electron chi connectivity index (χ1n) is 12.6. The number of nitrogens with two attached hydrogens (primary N) is 1. The standard InChI is InChI=1S/C28H31N3O7/c1-4-12-7-8-30-17(9-12)14-5-6-18(32)20-15(14)10-13-11-16-22(31(2)3)24(34)21(27(29)37)26(36)28(16,38)25(35)19(13)23(20)33/h5-9,13,16,21-22,24,32-34,38H,4,10-11H2,1-3H3,(H2,29,37)/t13-,16-,21?,22?,24?,28-/m1/s1. The largest absolute Gasteiger partial charge is 0.507 e. The molecular formula is C28H31N3O7. The number of phenolic OH excluding ortho intramolecular Hbond substituents is 1.